The highest BCUT2D eigenvalue weighted by Gasteiger charge is 2.42. The fourth-order valence-corrected chi connectivity index (χ4v) is 4.19. The van der Waals surface area contributed by atoms with Gasteiger partial charge >= 0.3 is 0 Å². The molecule has 0 aromatic heterocycles. The second-order valence-corrected chi connectivity index (χ2v) is 7.33. The van der Waals surface area contributed by atoms with Gasteiger partial charge in [-0.05, 0) is 30.7 Å². The Morgan fingerprint density at radius 3 is 2.60 bits per heavy atom. The molecule has 1 aromatic rings. The van der Waals surface area contributed by atoms with Crippen molar-refractivity contribution in [3.63, 3.8) is 0 Å². The topological polar surface area (TPSA) is 15.3 Å². The Morgan fingerprint density at radius 2 is 1.95 bits per heavy atom. The summed E-state index contributed by atoms with van der Waals surface area (Å²) in [4.78, 5) is 2.80. The first-order valence-corrected chi connectivity index (χ1v) is 8.12. The minimum Gasteiger partial charge on any atom is -0.311 e. The first kappa shape index (κ1) is 14.1. The molecule has 1 aliphatic heterocycles. The lowest BCUT2D eigenvalue weighted by Gasteiger charge is -2.47. The van der Waals surface area contributed by atoms with Crippen LogP contribution in [0.2, 0.25) is 0 Å². The molecule has 1 saturated carbocycles. The summed E-state index contributed by atoms with van der Waals surface area (Å²) in [5.74, 6) is 0. The van der Waals surface area contributed by atoms with Crippen molar-refractivity contribution in [2.45, 2.75) is 58.2 Å². The van der Waals surface area contributed by atoms with Crippen molar-refractivity contribution in [2.24, 2.45) is 5.41 Å². The molecule has 1 aliphatic carbocycles. The smallest absolute Gasteiger partial charge is 0.0476 e. The Labute approximate surface area is 123 Å². The normalized spacial score (nSPS) is 34.2. The lowest BCUT2D eigenvalue weighted by atomic mass is 9.84. The van der Waals surface area contributed by atoms with Gasteiger partial charge in [0.25, 0.3) is 0 Å². The van der Waals surface area contributed by atoms with Crippen LogP contribution in [0, 0.1) is 5.41 Å². The Kier molecular flexibility index (Phi) is 3.87. The summed E-state index contributed by atoms with van der Waals surface area (Å²) in [6.07, 6.45) is 4.12. The quantitative estimate of drug-likeness (QED) is 0.885. The number of benzene rings is 1. The zero-order valence-electron chi connectivity index (χ0n) is 13.1. The molecular formula is C18H28N2. The molecule has 0 amide bonds. The predicted molar refractivity (Wildman–Crippen MR) is 84.8 cm³/mol. The maximum Gasteiger partial charge on any atom is 0.0476 e. The van der Waals surface area contributed by atoms with E-state index in [2.05, 4.69) is 61.3 Å². The van der Waals surface area contributed by atoms with Gasteiger partial charge in [-0.2, -0.15) is 0 Å². The van der Waals surface area contributed by atoms with Gasteiger partial charge in [0.05, 0.1) is 0 Å². The van der Waals surface area contributed by atoms with E-state index in [-0.39, 0.29) is 0 Å². The van der Waals surface area contributed by atoms with Gasteiger partial charge in [-0.25, -0.2) is 0 Å². The zero-order chi connectivity index (χ0) is 14.2. The average molecular weight is 272 g/mol. The van der Waals surface area contributed by atoms with Gasteiger partial charge in [0, 0.05) is 31.2 Å². The molecule has 3 unspecified atom stereocenters. The summed E-state index contributed by atoms with van der Waals surface area (Å²) in [6, 6.07) is 12.9. The SMILES string of the molecule is CC1CN(C2CCCC2(C)C)C(c2ccccc2)CN1. The molecule has 3 atom stereocenters. The van der Waals surface area contributed by atoms with E-state index in [1.165, 1.54) is 31.4 Å². The summed E-state index contributed by atoms with van der Waals surface area (Å²) < 4.78 is 0. The molecule has 0 spiro atoms. The molecule has 2 aliphatic rings. The molecule has 1 saturated heterocycles. The fraction of sp³-hybridized carbons (Fsp3) is 0.667. The summed E-state index contributed by atoms with van der Waals surface area (Å²) in [5, 5.41) is 3.67. The second-order valence-electron chi connectivity index (χ2n) is 7.33. The van der Waals surface area contributed by atoms with Gasteiger partial charge in [0.1, 0.15) is 0 Å². The highest BCUT2D eigenvalue weighted by molar-refractivity contribution is 5.21. The first-order valence-electron chi connectivity index (χ1n) is 8.12. The van der Waals surface area contributed by atoms with Crippen LogP contribution in [0.3, 0.4) is 0 Å². The number of nitrogens with one attached hydrogen (secondary N) is 1. The molecular weight excluding hydrogens is 244 g/mol. The predicted octanol–water partition coefficient (Wildman–Crippen LogP) is 3.60. The van der Waals surface area contributed by atoms with Crippen LogP contribution in [-0.4, -0.2) is 30.1 Å². The zero-order valence-corrected chi connectivity index (χ0v) is 13.1. The summed E-state index contributed by atoms with van der Waals surface area (Å²) in [7, 11) is 0. The Hall–Kier alpha value is -0.860. The molecule has 1 N–H and O–H groups in total. The third-order valence-electron chi connectivity index (χ3n) is 5.33. The molecule has 20 heavy (non-hydrogen) atoms. The Balaban J connectivity index is 1.88. The van der Waals surface area contributed by atoms with Gasteiger partial charge in [-0.3, -0.25) is 4.90 Å². The molecule has 110 valence electrons. The first-order chi connectivity index (χ1) is 9.58. The van der Waals surface area contributed by atoms with E-state index in [1.807, 2.05) is 0 Å². The monoisotopic (exact) mass is 272 g/mol. The van der Waals surface area contributed by atoms with Crippen LogP contribution in [0.25, 0.3) is 0 Å². The third kappa shape index (κ3) is 2.64. The second kappa shape index (κ2) is 5.50. The number of piperazine rings is 1. The van der Waals surface area contributed by atoms with Crippen molar-refractivity contribution < 1.29 is 0 Å². The van der Waals surface area contributed by atoms with Crippen LogP contribution in [0.15, 0.2) is 30.3 Å². The standard InChI is InChI=1S/C18H28N2/c1-14-13-20(17-10-7-11-18(17,2)3)16(12-19-14)15-8-5-4-6-9-15/h4-6,8-9,14,16-17,19H,7,10-13H2,1-3H3. The van der Waals surface area contributed by atoms with Gasteiger partial charge in [-0.15, -0.1) is 0 Å². The van der Waals surface area contributed by atoms with Crippen molar-refractivity contribution >= 4 is 0 Å². The van der Waals surface area contributed by atoms with Gasteiger partial charge in [0.15, 0.2) is 0 Å². The summed E-state index contributed by atoms with van der Waals surface area (Å²) >= 11 is 0. The highest BCUT2D eigenvalue weighted by Crippen LogP contribution is 2.43. The minimum atomic E-state index is 0.462. The number of hydrogen-bond acceptors (Lipinski definition) is 2. The number of rotatable bonds is 2. The maximum atomic E-state index is 3.67. The molecule has 2 nitrogen and oxygen atoms in total. The molecule has 1 heterocycles. The molecule has 0 radical (unpaired) electrons. The summed E-state index contributed by atoms with van der Waals surface area (Å²) in [6.45, 7) is 9.49. The van der Waals surface area contributed by atoms with Crippen molar-refractivity contribution in [1.82, 2.24) is 10.2 Å². The van der Waals surface area contributed by atoms with E-state index in [0.29, 0.717) is 17.5 Å². The van der Waals surface area contributed by atoms with E-state index in [9.17, 15) is 0 Å². The van der Waals surface area contributed by atoms with Gasteiger partial charge in [0.2, 0.25) is 0 Å². The van der Waals surface area contributed by atoms with Crippen LogP contribution in [0.5, 0.6) is 0 Å². The van der Waals surface area contributed by atoms with Crippen molar-refractivity contribution in [3.05, 3.63) is 35.9 Å². The minimum absolute atomic E-state index is 0.462. The molecule has 2 fully saturated rings. The van der Waals surface area contributed by atoms with Gasteiger partial charge < -0.3 is 5.32 Å². The van der Waals surface area contributed by atoms with Crippen LogP contribution < -0.4 is 5.32 Å². The largest absolute Gasteiger partial charge is 0.311 e. The number of hydrogen-bond donors (Lipinski definition) is 1. The van der Waals surface area contributed by atoms with Crippen molar-refractivity contribution in [3.8, 4) is 0 Å². The average Bonchev–Trinajstić information content (AvgIpc) is 2.79. The van der Waals surface area contributed by atoms with Gasteiger partial charge in [-0.1, -0.05) is 50.6 Å². The Bertz CT molecular complexity index is 440. The number of nitrogens with zero attached hydrogens (tertiary/aromatic N) is 1. The van der Waals surface area contributed by atoms with E-state index in [0.717, 1.165) is 12.6 Å². The fourth-order valence-electron chi connectivity index (χ4n) is 4.19. The Morgan fingerprint density at radius 1 is 1.20 bits per heavy atom. The van der Waals surface area contributed by atoms with E-state index >= 15 is 0 Å². The van der Waals surface area contributed by atoms with E-state index < -0.39 is 0 Å². The van der Waals surface area contributed by atoms with Crippen molar-refractivity contribution in [2.75, 3.05) is 13.1 Å². The van der Waals surface area contributed by atoms with Crippen molar-refractivity contribution in [1.29, 1.82) is 0 Å². The van der Waals surface area contributed by atoms with Crippen LogP contribution >= 0.6 is 0 Å². The maximum absolute atomic E-state index is 3.67. The molecule has 0 bridgehead atoms. The summed E-state index contributed by atoms with van der Waals surface area (Å²) in [5.41, 5.74) is 1.93. The van der Waals surface area contributed by atoms with E-state index in [4.69, 9.17) is 0 Å². The molecule has 2 heteroatoms. The van der Waals surface area contributed by atoms with E-state index in [1.54, 1.807) is 0 Å². The lowest BCUT2D eigenvalue weighted by Crippen LogP contribution is -2.56. The van der Waals surface area contributed by atoms with Crippen LogP contribution in [-0.2, 0) is 0 Å². The third-order valence-corrected chi connectivity index (χ3v) is 5.33. The molecule has 1 aromatic carbocycles. The van der Waals surface area contributed by atoms with Crippen LogP contribution in [0.1, 0.15) is 51.6 Å². The van der Waals surface area contributed by atoms with Crippen LogP contribution in [0.4, 0.5) is 0 Å². The molecule has 3 rings (SSSR count). The lowest BCUT2D eigenvalue weighted by molar-refractivity contribution is 0.0372. The highest BCUT2D eigenvalue weighted by atomic mass is 15.3.